The van der Waals surface area contributed by atoms with Crippen LogP contribution in [0.4, 0.5) is 4.79 Å². The third-order valence-corrected chi connectivity index (χ3v) is 2.04. The first-order valence-corrected chi connectivity index (χ1v) is 5.02. The Hall–Kier alpha value is -1.97. The number of amides is 2. The van der Waals surface area contributed by atoms with Crippen LogP contribution in [0.3, 0.4) is 0 Å². The molecular formula is C12H16N2O2. The lowest BCUT2D eigenvalue weighted by Crippen LogP contribution is -2.35. The fourth-order valence-corrected chi connectivity index (χ4v) is 1.25. The maximum absolute atomic E-state index is 11.3. The van der Waals surface area contributed by atoms with Crippen molar-refractivity contribution >= 4 is 6.03 Å². The van der Waals surface area contributed by atoms with Crippen LogP contribution in [0, 0.1) is 0 Å². The summed E-state index contributed by atoms with van der Waals surface area (Å²) in [5.74, 6) is 0.770. The average Bonchev–Trinajstić information content (AvgIpc) is 2.34. The number of carbonyl (C=O) groups is 1. The first kappa shape index (κ1) is 12.1. The number of methoxy groups -OCH3 is 1. The highest BCUT2D eigenvalue weighted by Crippen LogP contribution is 2.16. The van der Waals surface area contributed by atoms with E-state index >= 15 is 0 Å². The summed E-state index contributed by atoms with van der Waals surface area (Å²) in [5.41, 5.74) is 0.943. The molecule has 0 saturated heterocycles. The van der Waals surface area contributed by atoms with E-state index in [0.717, 1.165) is 11.3 Å². The van der Waals surface area contributed by atoms with Gasteiger partial charge < -0.3 is 15.4 Å². The van der Waals surface area contributed by atoms with Crippen LogP contribution >= 0.6 is 0 Å². The Bertz CT molecular complexity index is 364. The summed E-state index contributed by atoms with van der Waals surface area (Å²) in [6, 6.07) is 7.35. The average molecular weight is 220 g/mol. The lowest BCUT2D eigenvalue weighted by molar-refractivity contribution is 0.241. The first-order chi connectivity index (χ1) is 7.77. The molecule has 0 aliphatic rings. The Morgan fingerprint density at radius 2 is 2.19 bits per heavy atom. The van der Waals surface area contributed by atoms with Crippen molar-refractivity contribution in [3.05, 3.63) is 42.5 Å². The second kappa shape index (κ2) is 6.50. The summed E-state index contributed by atoms with van der Waals surface area (Å²) in [5, 5.41) is 5.36. The number of ether oxygens (including phenoxy) is 1. The van der Waals surface area contributed by atoms with Crippen LogP contribution in [0.15, 0.2) is 36.9 Å². The topological polar surface area (TPSA) is 50.4 Å². The molecule has 0 radical (unpaired) electrons. The number of benzene rings is 1. The standard InChI is InChI=1S/C12H16N2O2/c1-3-8-13-12(15)14-9-10-6-4-5-7-11(10)16-2/h3-7H,1,8-9H2,2H3,(H2,13,14,15). The van der Waals surface area contributed by atoms with Crippen molar-refractivity contribution in [3.63, 3.8) is 0 Å². The van der Waals surface area contributed by atoms with Gasteiger partial charge in [-0.15, -0.1) is 6.58 Å². The minimum Gasteiger partial charge on any atom is -0.496 e. The Morgan fingerprint density at radius 3 is 2.88 bits per heavy atom. The Balaban J connectivity index is 2.47. The molecule has 0 aliphatic heterocycles. The zero-order valence-electron chi connectivity index (χ0n) is 9.32. The van der Waals surface area contributed by atoms with Gasteiger partial charge in [0.25, 0.3) is 0 Å². The number of rotatable bonds is 5. The van der Waals surface area contributed by atoms with E-state index < -0.39 is 0 Å². The molecule has 0 heterocycles. The van der Waals surface area contributed by atoms with Crippen molar-refractivity contribution in [2.24, 2.45) is 0 Å². The molecule has 0 spiro atoms. The molecule has 0 atom stereocenters. The van der Waals surface area contributed by atoms with Gasteiger partial charge in [0.05, 0.1) is 7.11 Å². The quantitative estimate of drug-likeness (QED) is 0.742. The minimum atomic E-state index is -0.217. The van der Waals surface area contributed by atoms with Gasteiger partial charge in [-0.25, -0.2) is 4.79 Å². The Labute approximate surface area is 95.3 Å². The molecule has 86 valence electrons. The van der Waals surface area contributed by atoms with Crippen molar-refractivity contribution < 1.29 is 9.53 Å². The third-order valence-electron chi connectivity index (χ3n) is 2.04. The molecule has 2 N–H and O–H groups in total. The molecule has 0 bridgehead atoms. The van der Waals surface area contributed by atoms with Gasteiger partial charge in [-0.3, -0.25) is 0 Å². The highest BCUT2D eigenvalue weighted by atomic mass is 16.5. The maximum Gasteiger partial charge on any atom is 0.315 e. The van der Waals surface area contributed by atoms with E-state index in [0.29, 0.717) is 13.1 Å². The van der Waals surface area contributed by atoms with Crippen molar-refractivity contribution in [2.45, 2.75) is 6.54 Å². The van der Waals surface area contributed by atoms with Crippen LogP contribution in [-0.2, 0) is 6.54 Å². The van der Waals surface area contributed by atoms with Gasteiger partial charge >= 0.3 is 6.03 Å². The molecule has 4 heteroatoms. The van der Waals surface area contributed by atoms with Gasteiger partial charge in [0.1, 0.15) is 5.75 Å². The number of hydrogen-bond donors (Lipinski definition) is 2. The number of carbonyl (C=O) groups excluding carboxylic acids is 1. The third kappa shape index (κ3) is 3.65. The number of para-hydroxylation sites is 1. The molecule has 16 heavy (non-hydrogen) atoms. The zero-order valence-corrected chi connectivity index (χ0v) is 9.32. The lowest BCUT2D eigenvalue weighted by atomic mass is 10.2. The summed E-state index contributed by atoms with van der Waals surface area (Å²) in [6.45, 7) is 4.41. The van der Waals surface area contributed by atoms with Crippen molar-refractivity contribution in [2.75, 3.05) is 13.7 Å². The fourth-order valence-electron chi connectivity index (χ4n) is 1.25. The van der Waals surface area contributed by atoms with E-state index in [-0.39, 0.29) is 6.03 Å². The van der Waals surface area contributed by atoms with Gasteiger partial charge in [-0.1, -0.05) is 24.3 Å². The fraction of sp³-hybridized carbons (Fsp3) is 0.250. The molecule has 1 rings (SSSR count). The van der Waals surface area contributed by atoms with Gasteiger partial charge in [0.2, 0.25) is 0 Å². The van der Waals surface area contributed by atoms with Gasteiger partial charge in [0, 0.05) is 18.7 Å². The summed E-state index contributed by atoms with van der Waals surface area (Å²) in [4.78, 5) is 11.3. The Morgan fingerprint density at radius 1 is 1.44 bits per heavy atom. The highest BCUT2D eigenvalue weighted by Gasteiger charge is 2.03. The smallest absolute Gasteiger partial charge is 0.315 e. The zero-order chi connectivity index (χ0) is 11.8. The lowest BCUT2D eigenvalue weighted by Gasteiger charge is -2.09. The highest BCUT2D eigenvalue weighted by molar-refractivity contribution is 5.74. The number of nitrogens with one attached hydrogen (secondary N) is 2. The van der Waals surface area contributed by atoms with Crippen molar-refractivity contribution in [3.8, 4) is 5.75 Å². The maximum atomic E-state index is 11.3. The monoisotopic (exact) mass is 220 g/mol. The molecule has 1 aromatic rings. The molecule has 1 aromatic carbocycles. The molecule has 0 aliphatic carbocycles. The molecule has 4 nitrogen and oxygen atoms in total. The molecule has 0 fully saturated rings. The van der Waals surface area contributed by atoms with E-state index in [1.807, 2.05) is 24.3 Å². The van der Waals surface area contributed by atoms with Crippen molar-refractivity contribution in [1.29, 1.82) is 0 Å². The second-order valence-electron chi connectivity index (χ2n) is 3.16. The summed E-state index contributed by atoms with van der Waals surface area (Å²) >= 11 is 0. The van der Waals surface area contributed by atoms with Crippen LogP contribution in [0.25, 0.3) is 0 Å². The predicted molar refractivity (Wildman–Crippen MR) is 63.4 cm³/mol. The summed E-state index contributed by atoms with van der Waals surface area (Å²) in [6.07, 6.45) is 1.63. The minimum absolute atomic E-state index is 0.217. The summed E-state index contributed by atoms with van der Waals surface area (Å²) in [7, 11) is 1.61. The predicted octanol–water partition coefficient (Wildman–Crippen LogP) is 1.68. The second-order valence-corrected chi connectivity index (χ2v) is 3.16. The Kier molecular flexibility index (Phi) is 4.92. The van der Waals surface area contributed by atoms with Gasteiger partial charge in [-0.2, -0.15) is 0 Å². The van der Waals surface area contributed by atoms with Crippen LogP contribution < -0.4 is 15.4 Å². The SMILES string of the molecule is C=CCNC(=O)NCc1ccccc1OC. The van der Waals surface area contributed by atoms with Crippen LogP contribution in [0.2, 0.25) is 0 Å². The molecule has 0 aromatic heterocycles. The first-order valence-electron chi connectivity index (χ1n) is 5.02. The number of urea groups is 1. The van der Waals surface area contributed by atoms with Crippen LogP contribution in [0.5, 0.6) is 5.75 Å². The van der Waals surface area contributed by atoms with Crippen LogP contribution in [0.1, 0.15) is 5.56 Å². The van der Waals surface area contributed by atoms with E-state index in [9.17, 15) is 4.79 Å². The van der Waals surface area contributed by atoms with Crippen LogP contribution in [-0.4, -0.2) is 19.7 Å². The summed E-state index contributed by atoms with van der Waals surface area (Å²) < 4.78 is 5.17. The van der Waals surface area contributed by atoms with E-state index in [4.69, 9.17) is 4.74 Å². The normalized spacial score (nSPS) is 9.31. The number of hydrogen-bond acceptors (Lipinski definition) is 2. The van der Waals surface area contributed by atoms with E-state index in [1.54, 1.807) is 13.2 Å². The van der Waals surface area contributed by atoms with Crippen molar-refractivity contribution in [1.82, 2.24) is 10.6 Å². The van der Waals surface area contributed by atoms with Gasteiger partial charge in [-0.05, 0) is 6.07 Å². The molecular weight excluding hydrogens is 204 g/mol. The van der Waals surface area contributed by atoms with E-state index in [2.05, 4.69) is 17.2 Å². The molecule has 2 amide bonds. The molecule has 0 saturated carbocycles. The van der Waals surface area contributed by atoms with E-state index in [1.165, 1.54) is 0 Å². The van der Waals surface area contributed by atoms with Gasteiger partial charge in [0.15, 0.2) is 0 Å². The largest absolute Gasteiger partial charge is 0.496 e. The molecule has 0 unspecified atom stereocenters.